The van der Waals surface area contributed by atoms with E-state index in [1.165, 1.54) is 38.5 Å². The molecule has 1 atom stereocenters. The molecule has 4 heteroatoms. The summed E-state index contributed by atoms with van der Waals surface area (Å²) >= 11 is 0. The maximum atomic E-state index is 12.3. The van der Waals surface area contributed by atoms with Crippen molar-refractivity contribution in [1.29, 1.82) is 0 Å². The maximum absolute atomic E-state index is 12.3. The molecule has 2 rings (SSSR count). The molecule has 0 spiro atoms. The molecule has 1 aliphatic carbocycles. The lowest BCUT2D eigenvalue weighted by molar-refractivity contribution is -0.133. The number of halogens is 1. The van der Waals surface area contributed by atoms with Gasteiger partial charge in [0.1, 0.15) is 0 Å². The molecule has 1 aliphatic heterocycles. The summed E-state index contributed by atoms with van der Waals surface area (Å²) < 4.78 is 0. The van der Waals surface area contributed by atoms with Gasteiger partial charge in [-0.25, -0.2) is 0 Å². The van der Waals surface area contributed by atoms with Gasteiger partial charge in [0.05, 0.1) is 0 Å². The summed E-state index contributed by atoms with van der Waals surface area (Å²) in [4.78, 5) is 14.3. The van der Waals surface area contributed by atoms with Crippen LogP contribution in [0.4, 0.5) is 0 Å². The second kappa shape index (κ2) is 7.65. The van der Waals surface area contributed by atoms with Crippen molar-refractivity contribution in [3.63, 3.8) is 0 Å². The third-order valence-corrected chi connectivity index (χ3v) is 5.12. The average Bonchev–Trinajstić information content (AvgIpc) is 2.88. The summed E-state index contributed by atoms with van der Waals surface area (Å²) in [6, 6.07) is 1.07. The molecule has 3 nitrogen and oxygen atoms in total. The van der Waals surface area contributed by atoms with Crippen LogP contribution in [0.1, 0.15) is 65.2 Å². The van der Waals surface area contributed by atoms with Crippen molar-refractivity contribution in [2.24, 2.45) is 5.41 Å². The van der Waals surface area contributed by atoms with E-state index in [1.54, 1.807) is 0 Å². The number of nitrogens with zero attached hydrogens (tertiary/aromatic N) is 1. The van der Waals surface area contributed by atoms with Crippen molar-refractivity contribution >= 4 is 18.3 Å². The SMILES string of the molecule is CN(C(=O)CCC1CCCN1)C1CCC(C)(C)CC1.Cl. The minimum Gasteiger partial charge on any atom is -0.343 e. The van der Waals surface area contributed by atoms with E-state index in [0.29, 0.717) is 29.8 Å². The fourth-order valence-corrected chi connectivity index (χ4v) is 3.45. The molecule has 0 bridgehead atoms. The topological polar surface area (TPSA) is 32.3 Å². The number of hydrogen-bond acceptors (Lipinski definition) is 2. The van der Waals surface area contributed by atoms with Gasteiger partial charge in [-0.15, -0.1) is 12.4 Å². The van der Waals surface area contributed by atoms with Crippen LogP contribution in [-0.2, 0) is 4.79 Å². The first-order valence-corrected chi connectivity index (χ1v) is 7.97. The maximum Gasteiger partial charge on any atom is 0.222 e. The normalized spacial score (nSPS) is 26.1. The molecular formula is C16H31ClN2O. The quantitative estimate of drug-likeness (QED) is 0.863. The molecule has 1 N–H and O–H groups in total. The number of nitrogens with one attached hydrogen (secondary N) is 1. The van der Waals surface area contributed by atoms with Crippen molar-refractivity contribution in [3.05, 3.63) is 0 Å². The Kier molecular flexibility index (Phi) is 6.80. The fraction of sp³-hybridized carbons (Fsp3) is 0.938. The van der Waals surface area contributed by atoms with Crippen molar-refractivity contribution in [2.75, 3.05) is 13.6 Å². The van der Waals surface area contributed by atoms with Crippen LogP contribution in [0.2, 0.25) is 0 Å². The third kappa shape index (κ3) is 4.92. The van der Waals surface area contributed by atoms with Crippen LogP contribution in [0, 0.1) is 5.41 Å². The van der Waals surface area contributed by atoms with E-state index < -0.39 is 0 Å². The van der Waals surface area contributed by atoms with E-state index in [1.807, 2.05) is 11.9 Å². The number of carbonyl (C=O) groups excluding carboxylic acids is 1. The first kappa shape index (κ1) is 17.8. The molecule has 2 aliphatic rings. The Morgan fingerprint density at radius 2 is 1.90 bits per heavy atom. The average molecular weight is 303 g/mol. The molecule has 1 saturated carbocycles. The summed E-state index contributed by atoms with van der Waals surface area (Å²) in [5, 5.41) is 3.47. The van der Waals surface area contributed by atoms with Crippen molar-refractivity contribution in [1.82, 2.24) is 10.2 Å². The Labute approximate surface area is 130 Å². The number of amides is 1. The lowest BCUT2D eigenvalue weighted by atomic mass is 9.75. The van der Waals surface area contributed by atoms with Crippen LogP contribution in [0.25, 0.3) is 0 Å². The second-order valence-corrected chi connectivity index (χ2v) is 7.23. The fourth-order valence-electron chi connectivity index (χ4n) is 3.45. The summed E-state index contributed by atoms with van der Waals surface area (Å²) in [7, 11) is 2.01. The number of rotatable bonds is 4. The Bertz CT molecular complexity index is 304. The lowest BCUT2D eigenvalue weighted by Gasteiger charge is -2.38. The highest BCUT2D eigenvalue weighted by molar-refractivity contribution is 5.85. The van der Waals surface area contributed by atoms with Gasteiger partial charge in [0.2, 0.25) is 5.91 Å². The molecular weight excluding hydrogens is 272 g/mol. The van der Waals surface area contributed by atoms with E-state index >= 15 is 0 Å². The largest absolute Gasteiger partial charge is 0.343 e. The monoisotopic (exact) mass is 302 g/mol. The summed E-state index contributed by atoms with van der Waals surface area (Å²) in [5.41, 5.74) is 0.480. The standard InChI is InChI=1S/C16H30N2O.ClH/c1-16(2)10-8-14(9-11-16)18(3)15(19)7-6-13-5-4-12-17-13;/h13-14,17H,4-12H2,1-3H3;1H. The highest BCUT2D eigenvalue weighted by Crippen LogP contribution is 2.36. The summed E-state index contributed by atoms with van der Waals surface area (Å²) in [5.74, 6) is 0.346. The van der Waals surface area contributed by atoms with Crippen LogP contribution in [0.15, 0.2) is 0 Å². The number of carbonyl (C=O) groups is 1. The van der Waals surface area contributed by atoms with Crippen LogP contribution < -0.4 is 5.32 Å². The predicted octanol–water partition coefficient (Wildman–Crippen LogP) is 3.37. The highest BCUT2D eigenvalue weighted by Gasteiger charge is 2.30. The Morgan fingerprint density at radius 1 is 1.25 bits per heavy atom. The molecule has 1 amide bonds. The molecule has 1 unspecified atom stereocenters. The van der Waals surface area contributed by atoms with Gasteiger partial charge in [-0.2, -0.15) is 0 Å². The Morgan fingerprint density at radius 3 is 2.45 bits per heavy atom. The van der Waals surface area contributed by atoms with E-state index in [0.717, 1.165) is 13.0 Å². The van der Waals surface area contributed by atoms with Crippen LogP contribution in [-0.4, -0.2) is 36.5 Å². The summed E-state index contributed by atoms with van der Waals surface area (Å²) in [6.07, 6.45) is 9.10. The van der Waals surface area contributed by atoms with Gasteiger partial charge >= 0.3 is 0 Å². The smallest absolute Gasteiger partial charge is 0.222 e. The molecule has 118 valence electrons. The first-order chi connectivity index (χ1) is 8.98. The van der Waals surface area contributed by atoms with Crippen molar-refractivity contribution in [3.8, 4) is 0 Å². The van der Waals surface area contributed by atoms with Crippen LogP contribution in [0.3, 0.4) is 0 Å². The van der Waals surface area contributed by atoms with Crippen molar-refractivity contribution < 1.29 is 4.79 Å². The van der Waals surface area contributed by atoms with Gasteiger partial charge in [0.15, 0.2) is 0 Å². The highest BCUT2D eigenvalue weighted by atomic mass is 35.5. The van der Waals surface area contributed by atoms with Gasteiger partial charge in [0.25, 0.3) is 0 Å². The van der Waals surface area contributed by atoms with E-state index in [2.05, 4.69) is 19.2 Å². The molecule has 0 aromatic heterocycles. The van der Waals surface area contributed by atoms with Gasteiger partial charge in [0, 0.05) is 25.6 Å². The van der Waals surface area contributed by atoms with Crippen LogP contribution >= 0.6 is 12.4 Å². The minimum absolute atomic E-state index is 0. The van der Waals surface area contributed by atoms with Crippen LogP contribution in [0.5, 0.6) is 0 Å². The van der Waals surface area contributed by atoms with Gasteiger partial charge in [-0.1, -0.05) is 13.8 Å². The van der Waals surface area contributed by atoms with Gasteiger partial charge < -0.3 is 10.2 Å². The molecule has 0 aromatic carbocycles. The zero-order valence-electron chi connectivity index (χ0n) is 13.3. The van der Waals surface area contributed by atoms with E-state index in [-0.39, 0.29) is 12.4 Å². The molecule has 0 aromatic rings. The number of hydrogen-bond donors (Lipinski definition) is 1. The zero-order chi connectivity index (χ0) is 13.9. The lowest BCUT2D eigenvalue weighted by Crippen LogP contribution is -2.41. The van der Waals surface area contributed by atoms with Gasteiger partial charge in [-0.3, -0.25) is 4.79 Å². The minimum atomic E-state index is 0. The van der Waals surface area contributed by atoms with Gasteiger partial charge in [-0.05, 0) is 56.9 Å². The van der Waals surface area contributed by atoms with E-state index in [9.17, 15) is 4.79 Å². The first-order valence-electron chi connectivity index (χ1n) is 7.97. The molecule has 1 heterocycles. The zero-order valence-corrected chi connectivity index (χ0v) is 14.1. The van der Waals surface area contributed by atoms with E-state index in [4.69, 9.17) is 0 Å². The molecule has 1 saturated heterocycles. The molecule has 0 radical (unpaired) electrons. The third-order valence-electron chi connectivity index (χ3n) is 5.12. The summed E-state index contributed by atoms with van der Waals surface area (Å²) in [6.45, 7) is 5.82. The molecule has 2 fully saturated rings. The van der Waals surface area contributed by atoms with Crippen molar-refractivity contribution in [2.45, 2.75) is 77.3 Å². The molecule has 20 heavy (non-hydrogen) atoms. The Balaban J connectivity index is 0.00000200. The predicted molar refractivity (Wildman–Crippen MR) is 86.3 cm³/mol. The second-order valence-electron chi connectivity index (χ2n) is 7.23. The Hall–Kier alpha value is -0.280.